The Morgan fingerprint density at radius 1 is 0.926 bits per heavy atom. The average molecular weight is 373 g/mol. The zero-order valence-electron chi connectivity index (χ0n) is 18.5. The van der Waals surface area contributed by atoms with Crippen LogP contribution in [0.2, 0.25) is 0 Å². The van der Waals surface area contributed by atoms with Gasteiger partial charge in [-0.05, 0) is 129 Å². The number of aliphatic hydroxyl groups excluding tert-OH is 1. The van der Waals surface area contributed by atoms with E-state index >= 15 is 0 Å². The highest BCUT2D eigenvalue weighted by molar-refractivity contribution is 5.17. The van der Waals surface area contributed by atoms with E-state index in [9.17, 15) is 5.11 Å². The summed E-state index contributed by atoms with van der Waals surface area (Å²) in [5.41, 5.74) is 1.78. The quantitative estimate of drug-likeness (QED) is 0.575. The highest BCUT2D eigenvalue weighted by atomic mass is 16.3. The Balaban J connectivity index is 1.52. The maximum atomic E-state index is 10.6. The average Bonchev–Trinajstić information content (AvgIpc) is 3.40. The van der Waals surface area contributed by atoms with E-state index in [0.29, 0.717) is 22.2 Å². The molecule has 154 valence electrons. The van der Waals surface area contributed by atoms with Gasteiger partial charge >= 0.3 is 0 Å². The highest BCUT2D eigenvalue weighted by Crippen LogP contribution is 2.76. The van der Waals surface area contributed by atoms with Crippen LogP contribution in [0.25, 0.3) is 0 Å². The van der Waals surface area contributed by atoms with Crippen molar-refractivity contribution in [2.45, 2.75) is 111 Å². The van der Waals surface area contributed by atoms with Gasteiger partial charge in [0.05, 0.1) is 6.10 Å². The van der Waals surface area contributed by atoms with Gasteiger partial charge in [-0.25, -0.2) is 0 Å². The van der Waals surface area contributed by atoms with Crippen molar-refractivity contribution >= 4 is 0 Å². The van der Waals surface area contributed by atoms with Crippen LogP contribution in [0.1, 0.15) is 105 Å². The fraction of sp³-hybridized carbons (Fsp3) is 1.00. The van der Waals surface area contributed by atoms with Crippen LogP contribution >= 0.6 is 0 Å². The molecule has 0 spiro atoms. The first-order valence-corrected chi connectivity index (χ1v) is 12.6. The van der Waals surface area contributed by atoms with Crippen LogP contribution in [0, 0.1) is 51.8 Å². The van der Waals surface area contributed by atoms with Crippen molar-refractivity contribution in [2.75, 3.05) is 0 Å². The molecule has 27 heavy (non-hydrogen) atoms. The van der Waals surface area contributed by atoms with E-state index in [1.807, 2.05) is 0 Å². The van der Waals surface area contributed by atoms with E-state index in [2.05, 4.69) is 27.7 Å². The summed E-state index contributed by atoms with van der Waals surface area (Å²) in [5.74, 6) is 5.48. The molecule has 5 rings (SSSR count). The molecule has 5 aliphatic rings. The fourth-order valence-electron chi connectivity index (χ4n) is 10.5. The molecule has 0 aliphatic heterocycles. The summed E-state index contributed by atoms with van der Waals surface area (Å²) < 4.78 is 0. The molecule has 0 heterocycles. The molecular formula is C26H44O. The van der Waals surface area contributed by atoms with Crippen molar-refractivity contribution in [2.24, 2.45) is 51.8 Å². The fourth-order valence-corrected chi connectivity index (χ4v) is 10.5. The van der Waals surface area contributed by atoms with Crippen molar-refractivity contribution in [1.82, 2.24) is 0 Å². The molecule has 0 aromatic carbocycles. The zero-order chi connectivity index (χ0) is 19.0. The predicted molar refractivity (Wildman–Crippen MR) is 112 cm³/mol. The molecule has 5 saturated carbocycles. The molecule has 1 nitrogen and oxygen atoms in total. The van der Waals surface area contributed by atoms with Crippen LogP contribution in [0.5, 0.6) is 0 Å². The summed E-state index contributed by atoms with van der Waals surface area (Å²) in [6.45, 7) is 9.79. The van der Waals surface area contributed by atoms with Gasteiger partial charge in [0.15, 0.2) is 0 Å². The first-order chi connectivity index (χ1) is 12.9. The SMILES string of the molecule is CCC12CCC3C(CC[C@]4(C)CC(C)CC[C@]34C3CC3)C1CC[C@@H]2C(C)O. The molecule has 0 aromatic rings. The van der Waals surface area contributed by atoms with Gasteiger partial charge in [0, 0.05) is 0 Å². The summed E-state index contributed by atoms with van der Waals surface area (Å²) in [5, 5.41) is 10.6. The molecule has 0 saturated heterocycles. The van der Waals surface area contributed by atoms with E-state index in [1.165, 1.54) is 70.6 Å². The minimum Gasteiger partial charge on any atom is -0.393 e. The van der Waals surface area contributed by atoms with Crippen LogP contribution in [-0.4, -0.2) is 11.2 Å². The summed E-state index contributed by atoms with van der Waals surface area (Å²) in [7, 11) is 0. The largest absolute Gasteiger partial charge is 0.393 e. The standard InChI is InChI=1S/C26H44O/c1-5-25-14-12-23-20(22(25)9-8-21(25)18(3)27)11-13-24(4)16-17(2)10-15-26(23,24)19-6-7-19/h17-23,27H,5-16H2,1-4H3/t17?,18?,20?,21-,22?,23?,24-,25?,26+/m1/s1. The Morgan fingerprint density at radius 2 is 1.70 bits per heavy atom. The monoisotopic (exact) mass is 372 g/mol. The van der Waals surface area contributed by atoms with Gasteiger partial charge in [-0.1, -0.05) is 27.2 Å². The van der Waals surface area contributed by atoms with E-state index < -0.39 is 0 Å². The molecule has 0 bridgehead atoms. The van der Waals surface area contributed by atoms with Crippen molar-refractivity contribution in [3.63, 3.8) is 0 Å². The van der Waals surface area contributed by atoms with Crippen LogP contribution in [0.4, 0.5) is 0 Å². The van der Waals surface area contributed by atoms with Crippen LogP contribution in [-0.2, 0) is 0 Å². The Hall–Kier alpha value is -0.0400. The lowest BCUT2D eigenvalue weighted by Crippen LogP contribution is -2.60. The molecule has 0 radical (unpaired) electrons. The lowest BCUT2D eigenvalue weighted by atomic mass is 9.37. The first kappa shape index (κ1) is 19.0. The first-order valence-electron chi connectivity index (χ1n) is 12.6. The van der Waals surface area contributed by atoms with E-state index in [-0.39, 0.29) is 6.10 Å². The Labute approximate surface area is 168 Å². The maximum Gasteiger partial charge on any atom is 0.0545 e. The van der Waals surface area contributed by atoms with Gasteiger partial charge < -0.3 is 5.11 Å². The molecule has 1 N–H and O–H groups in total. The van der Waals surface area contributed by atoms with E-state index in [1.54, 1.807) is 6.42 Å². The molecule has 9 atom stereocenters. The summed E-state index contributed by atoms with van der Waals surface area (Å²) >= 11 is 0. The van der Waals surface area contributed by atoms with Crippen molar-refractivity contribution in [3.8, 4) is 0 Å². The summed E-state index contributed by atoms with van der Waals surface area (Å²) in [6, 6.07) is 0. The minimum absolute atomic E-state index is 0.103. The molecule has 6 unspecified atom stereocenters. The number of aliphatic hydroxyl groups is 1. The van der Waals surface area contributed by atoms with Gasteiger partial charge in [0.2, 0.25) is 0 Å². The molecule has 0 amide bonds. The Bertz CT molecular complexity index is 579. The zero-order valence-corrected chi connectivity index (χ0v) is 18.5. The summed E-state index contributed by atoms with van der Waals surface area (Å²) in [6.07, 6.45) is 17.4. The minimum atomic E-state index is -0.103. The van der Waals surface area contributed by atoms with Gasteiger partial charge in [-0.15, -0.1) is 0 Å². The van der Waals surface area contributed by atoms with Crippen LogP contribution < -0.4 is 0 Å². The number of hydrogen-bond acceptors (Lipinski definition) is 1. The Morgan fingerprint density at radius 3 is 2.37 bits per heavy atom. The van der Waals surface area contributed by atoms with Gasteiger partial charge in [-0.3, -0.25) is 0 Å². The number of rotatable bonds is 3. The van der Waals surface area contributed by atoms with Gasteiger partial charge in [-0.2, -0.15) is 0 Å². The Kier molecular flexibility index (Phi) is 4.37. The van der Waals surface area contributed by atoms with Crippen LogP contribution in [0.3, 0.4) is 0 Å². The lowest BCUT2D eigenvalue weighted by Gasteiger charge is -2.67. The molecule has 5 fully saturated rings. The van der Waals surface area contributed by atoms with E-state index in [4.69, 9.17) is 0 Å². The second-order valence-corrected chi connectivity index (χ2v) is 12.2. The topological polar surface area (TPSA) is 20.2 Å². The second kappa shape index (κ2) is 6.23. The maximum absolute atomic E-state index is 10.6. The number of fused-ring (bicyclic) bond motifs is 5. The summed E-state index contributed by atoms with van der Waals surface area (Å²) in [4.78, 5) is 0. The second-order valence-electron chi connectivity index (χ2n) is 12.2. The molecule has 1 heteroatoms. The van der Waals surface area contributed by atoms with Crippen molar-refractivity contribution in [1.29, 1.82) is 0 Å². The third kappa shape index (κ3) is 2.39. The normalized spacial score (nSPS) is 56.1. The van der Waals surface area contributed by atoms with Gasteiger partial charge in [0.1, 0.15) is 0 Å². The molecule has 5 aliphatic carbocycles. The molecule has 0 aromatic heterocycles. The predicted octanol–water partition coefficient (Wildman–Crippen LogP) is 6.83. The lowest BCUT2D eigenvalue weighted by molar-refractivity contribution is -0.186. The van der Waals surface area contributed by atoms with Crippen molar-refractivity contribution in [3.05, 3.63) is 0 Å². The third-order valence-corrected chi connectivity index (χ3v) is 11.4. The molecular weight excluding hydrogens is 328 g/mol. The highest BCUT2D eigenvalue weighted by Gasteiger charge is 2.68. The number of hydrogen-bond donors (Lipinski definition) is 1. The van der Waals surface area contributed by atoms with Crippen molar-refractivity contribution < 1.29 is 5.11 Å². The van der Waals surface area contributed by atoms with Crippen LogP contribution in [0.15, 0.2) is 0 Å². The smallest absolute Gasteiger partial charge is 0.0545 e. The van der Waals surface area contributed by atoms with Gasteiger partial charge in [0.25, 0.3) is 0 Å². The third-order valence-electron chi connectivity index (χ3n) is 11.4. The van der Waals surface area contributed by atoms with E-state index in [0.717, 1.165) is 29.6 Å².